The van der Waals surface area contributed by atoms with Gasteiger partial charge in [-0.2, -0.15) is 5.10 Å². The van der Waals surface area contributed by atoms with Crippen molar-refractivity contribution in [1.29, 1.82) is 0 Å². The number of methoxy groups -OCH3 is 1. The van der Waals surface area contributed by atoms with Crippen molar-refractivity contribution in [3.63, 3.8) is 0 Å². The fourth-order valence-corrected chi connectivity index (χ4v) is 4.18. The van der Waals surface area contributed by atoms with E-state index in [4.69, 9.17) is 14.2 Å². The number of nitrogens with one attached hydrogen (secondary N) is 1. The van der Waals surface area contributed by atoms with Gasteiger partial charge in [-0.3, -0.25) is 14.3 Å². The number of hydrogen-bond acceptors (Lipinski definition) is 6. The number of nitrogens with zero attached hydrogens (tertiary/aromatic N) is 3. The highest BCUT2D eigenvalue weighted by Crippen LogP contribution is 2.32. The van der Waals surface area contributed by atoms with Gasteiger partial charge in [0.25, 0.3) is 11.8 Å². The van der Waals surface area contributed by atoms with Crippen molar-refractivity contribution in [3.05, 3.63) is 70.5 Å². The average Bonchev–Trinajstić information content (AvgIpc) is 3.45. The van der Waals surface area contributed by atoms with Gasteiger partial charge in [0, 0.05) is 43.4 Å². The minimum absolute atomic E-state index is 0.0844. The molecule has 1 aromatic heterocycles. The van der Waals surface area contributed by atoms with Gasteiger partial charge in [0.15, 0.2) is 17.2 Å². The lowest BCUT2D eigenvalue weighted by Crippen LogP contribution is -2.37. The number of amides is 2. The van der Waals surface area contributed by atoms with E-state index in [1.54, 1.807) is 41.0 Å². The first-order valence-electron chi connectivity index (χ1n) is 10.7. The van der Waals surface area contributed by atoms with Gasteiger partial charge in [-0.25, -0.2) is 0 Å². The molecule has 0 saturated carbocycles. The van der Waals surface area contributed by atoms with Crippen LogP contribution >= 0.6 is 0 Å². The van der Waals surface area contributed by atoms with Crippen LogP contribution in [0.4, 0.5) is 0 Å². The monoisotopic (exact) mass is 448 g/mol. The van der Waals surface area contributed by atoms with Crippen molar-refractivity contribution < 1.29 is 23.8 Å². The van der Waals surface area contributed by atoms with Crippen molar-refractivity contribution in [3.8, 4) is 17.2 Å². The molecule has 0 bridgehead atoms. The molecule has 2 aliphatic rings. The second-order valence-corrected chi connectivity index (χ2v) is 7.97. The third-order valence-electron chi connectivity index (χ3n) is 5.97. The number of carbonyl (C=O) groups is 2. The Kier molecular flexibility index (Phi) is 5.37. The number of benzene rings is 2. The SMILES string of the molecule is COc1ccc(C(=O)N2CCc3c(c(C(=O)NCc4ccc5c(c4)OCO5)nn3C)C2)cc1. The van der Waals surface area contributed by atoms with E-state index in [9.17, 15) is 9.59 Å². The first-order chi connectivity index (χ1) is 16.0. The molecule has 3 heterocycles. The molecular formula is C24H24N4O5. The summed E-state index contributed by atoms with van der Waals surface area (Å²) in [7, 11) is 3.42. The quantitative estimate of drug-likeness (QED) is 0.644. The molecule has 2 amide bonds. The average molecular weight is 448 g/mol. The van der Waals surface area contributed by atoms with E-state index < -0.39 is 0 Å². The van der Waals surface area contributed by atoms with Gasteiger partial charge in [0.2, 0.25) is 6.79 Å². The molecule has 33 heavy (non-hydrogen) atoms. The predicted molar refractivity (Wildman–Crippen MR) is 118 cm³/mol. The second-order valence-electron chi connectivity index (χ2n) is 7.97. The summed E-state index contributed by atoms with van der Waals surface area (Å²) < 4.78 is 17.6. The number of hydrogen-bond donors (Lipinski definition) is 1. The van der Waals surface area contributed by atoms with Crippen LogP contribution in [-0.2, 0) is 26.6 Å². The van der Waals surface area contributed by atoms with Gasteiger partial charge in [0.05, 0.1) is 13.7 Å². The zero-order valence-electron chi connectivity index (χ0n) is 18.5. The Labute approximate surface area is 190 Å². The maximum absolute atomic E-state index is 13.0. The van der Waals surface area contributed by atoms with Crippen molar-refractivity contribution in [2.24, 2.45) is 7.05 Å². The number of ether oxygens (including phenoxy) is 3. The number of rotatable bonds is 5. The van der Waals surface area contributed by atoms with E-state index in [0.29, 0.717) is 54.6 Å². The summed E-state index contributed by atoms with van der Waals surface area (Å²) in [5.41, 5.74) is 3.59. The van der Waals surface area contributed by atoms with Gasteiger partial charge in [-0.05, 0) is 42.0 Å². The zero-order chi connectivity index (χ0) is 22.9. The van der Waals surface area contributed by atoms with Crippen LogP contribution in [0.2, 0.25) is 0 Å². The number of aryl methyl sites for hydroxylation is 1. The predicted octanol–water partition coefficient (Wildman–Crippen LogP) is 2.29. The zero-order valence-corrected chi connectivity index (χ0v) is 18.5. The third-order valence-corrected chi connectivity index (χ3v) is 5.97. The molecule has 1 N–H and O–H groups in total. The molecule has 5 rings (SSSR count). The molecule has 170 valence electrons. The molecule has 0 radical (unpaired) electrons. The van der Waals surface area contributed by atoms with E-state index >= 15 is 0 Å². The van der Waals surface area contributed by atoms with E-state index in [-0.39, 0.29) is 18.6 Å². The van der Waals surface area contributed by atoms with Crippen LogP contribution < -0.4 is 19.5 Å². The Morgan fingerprint density at radius 2 is 1.91 bits per heavy atom. The highest BCUT2D eigenvalue weighted by Gasteiger charge is 2.29. The summed E-state index contributed by atoms with van der Waals surface area (Å²) in [6.45, 7) is 1.43. The van der Waals surface area contributed by atoms with E-state index in [0.717, 1.165) is 16.8 Å². The summed E-state index contributed by atoms with van der Waals surface area (Å²) >= 11 is 0. The Morgan fingerprint density at radius 3 is 2.70 bits per heavy atom. The van der Waals surface area contributed by atoms with Gasteiger partial charge in [-0.1, -0.05) is 6.07 Å². The summed E-state index contributed by atoms with van der Waals surface area (Å²) in [4.78, 5) is 27.8. The maximum Gasteiger partial charge on any atom is 0.272 e. The molecule has 3 aromatic rings. The van der Waals surface area contributed by atoms with Crippen molar-refractivity contribution in [2.75, 3.05) is 20.4 Å². The normalized spacial score (nSPS) is 14.1. The van der Waals surface area contributed by atoms with Crippen molar-refractivity contribution in [2.45, 2.75) is 19.5 Å². The fourth-order valence-electron chi connectivity index (χ4n) is 4.18. The number of carbonyl (C=O) groups excluding carboxylic acids is 2. The molecular weight excluding hydrogens is 424 g/mol. The van der Waals surface area contributed by atoms with Crippen LogP contribution in [0.1, 0.15) is 37.7 Å². The Morgan fingerprint density at radius 1 is 1.12 bits per heavy atom. The molecule has 9 nitrogen and oxygen atoms in total. The van der Waals surface area contributed by atoms with Crippen LogP contribution in [0.5, 0.6) is 17.2 Å². The highest BCUT2D eigenvalue weighted by atomic mass is 16.7. The van der Waals surface area contributed by atoms with Gasteiger partial charge in [-0.15, -0.1) is 0 Å². The first kappa shape index (κ1) is 20.9. The lowest BCUT2D eigenvalue weighted by atomic mass is 10.0. The van der Waals surface area contributed by atoms with Crippen LogP contribution in [-0.4, -0.2) is 46.9 Å². The molecule has 0 aliphatic carbocycles. The van der Waals surface area contributed by atoms with E-state index in [1.807, 2.05) is 25.2 Å². The molecule has 0 atom stereocenters. The number of fused-ring (bicyclic) bond motifs is 2. The molecule has 2 aliphatic heterocycles. The maximum atomic E-state index is 13.0. The van der Waals surface area contributed by atoms with Crippen LogP contribution in [0.25, 0.3) is 0 Å². The minimum atomic E-state index is -0.275. The largest absolute Gasteiger partial charge is 0.497 e. The van der Waals surface area contributed by atoms with Crippen molar-refractivity contribution >= 4 is 11.8 Å². The molecule has 0 fully saturated rings. The first-order valence-corrected chi connectivity index (χ1v) is 10.7. The van der Waals surface area contributed by atoms with Crippen LogP contribution in [0.3, 0.4) is 0 Å². The molecule has 0 spiro atoms. The third kappa shape index (κ3) is 3.97. The summed E-state index contributed by atoms with van der Waals surface area (Å²) in [6.07, 6.45) is 0.635. The lowest BCUT2D eigenvalue weighted by molar-refractivity contribution is 0.0730. The summed E-state index contributed by atoms with van der Waals surface area (Å²) in [6, 6.07) is 12.6. The van der Waals surface area contributed by atoms with E-state index in [1.165, 1.54) is 0 Å². The van der Waals surface area contributed by atoms with Gasteiger partial charge >= 0.3 is 0 Å². The van der Waals surface area contributed by atoms with Gasteiger partial charge in [0.1, 0.15) is 5.75 Å². The smallest absolute Gasteiger partial charge is 0.272 e. The van der Waals surface area contributed by atoms with E-state index in [2.05, 4.69) is 10.4 Å². The second kappa shape index (κ2) is 8.50. The highest BCUT2D eigenvalue weighted by molar-refractivity contribution is 5.96. The Balaban J connectivity index is 1.30. The Bertz CT molecular complexity index is 1220. The fraction of sp³-hybridized carbons (Fsp3) is 0.292. The molecule has 9 heteroatoms. The molecule has 0 saturated heterocycles. The summed E-state index contributed by atoms with van der Waals surface area (Å²) in [5.74, 6) is 1.71. The van der Waals surface area contributed by atoms with Crippen molar-refractivity contribution in [1.82, 2.24) is 20.0 Å². The number of aromatic nitrogens is 2. The standard InChI is InChI=1S/C24H24N4O5/c1-27-19-9-10-28(24(30)16-4-6-17(31-2)7-5-16)13-18(19)22(26-27)23(29)25-12-15-3-8-20-21(11-15)33-14-32-20/h3-8,11H,9-10,12-14H2,1-2H3,(H,25,29). The topological polar surface area (TPSA) is 94.9 Å². The molecule has 2 aromatic carbocycles. The van der Waals surface area contributed by atoms with Crippen LogP contribution in [0.15, 0.2) is 42.5 Å². The summed E-state index contributed by atoms with van der Waals surface area (Å²) in [5, 5.41) is 7.39. The molecule has 0 unspecified atom stereocenters. The Hall–Kier alpha value is -4.01. The lowest BCUT2D eigenvalue weighted by Gasteiger charge is -2.27. The van der Waals surface area contributed by atoms with Gasteiger partial charge < -0.3 is 24.4 Å². The minimum Gasteiger partial charge on any atom is -0.497 e. The van der Waals surface area contributed by atoms with Crippen LogP contribution in [0, 0.1) is 0 Å².